The molecule has 2 aromatic carbocycles. The van der Waals surface area contributed by atoms with E-state index in [1.165, 1.54) is 31.0 Å². The minimum atomic E-state index is -0.640. The maximum absolute atomic E-state index is 12.1. The molecule has 0 saturated carbocycles. The Morgan fingerprint density at radius 1 is 1.22 bits per heavy atom. The SMILES string of the molecule is Cc1ncc([N+](=O)[O-])n1CC(=O)NN=Cc1ccc(Sc2ccc(Cl)cc2)c([N+](=O)[O-])c1. The predicted molar refractivity (Wildman–Crippen MR) is 118 cm³/mol. The van der Waals surface area contributed by atoms with Gasteiger partial charge in [-0.3, -0.25) is 14.9 Å². The van der Waals surface area contributed by atoms with Crippen LogP contribution >= 0.6 is 23.4 Å². The Labute approximate surface area is 190 Å². The molecule has 32 heavy (non-hydrogen) atoms. The summed E-state index contributed by atoms with van der Waals surface area (Å²) in [6.07, 6.45) is 2.31. The van der Waals surface area contributed by atoms with Gasteiger partial charge in [-0.05, 0) is 35.3 Å². The van der Waals surface area contributed by atoms with E-state index in [0.717, 1.165) is 15.7 Å². The lowest BCUT2D eigenvalue weighted by Gasteiger charge is -2.05. The summed E-state index contributed by atoms with van der Waals surface area (Å²) < 4.78 is 1.14. The maximum Gasteiger partial charge on any atom is 0.343 e. The number of hydrazone groups is 1. The summed E-state index contributed by atoms with van der Waals surface area (Å²) in [5, 5.41) is 26.8. The molecular formula is C19H15ClN6O5S. The second-order valence-electron chi connectivity index (χ2n) is 6.34. The lowest BCUT2D eigenvalue weighted by atomic mass is 10.2. The summed E-state index contributed by atoms with van der Waals surface area (Å²) in [5.74, 6) is -0.624. The van der Waals surface area contributed by atoms with Crippen molar-refractivity contribution in [3.8, 4) is 0 Å². The first-order chi connectivity index (χ1) is 15.2. The van der Waals surface area contributed by atoms with Crippen molar-refractivity contribution in [3.63, 3.8) is 0 Å². The van der Waals surface area contributed by atoms with Gasteiger partial charge in [0.2, 0.25) is 0 Å². The zero-order chi connectivity index (χ0) is 23.3. The van der Waals surface area contributed by atoms with Crippen molar-refractivity contribution in [2.45, 2.75) is 23.3 Å². The monoisotopic (exact) mass is 474 g/mol. The van der Waals surface area contributed by atoms with Gasteiger partial charge in [-0.2, -0.15) is 5.10 Å². The Morgan fingerprint density at radius 3 is 2.59 bits per heavy atom. The van der Waals surface area contributed by atoms with Crippen LogP contribution in [0.4, 0.5) is 11.5 Å². The fourth-order valence-corrected chi connectivity index (χ4v) is 3.65. The third-order valence-corrected chi connectivity index (χ3v) is 5.47. The number of hydrogen-bond donors (Lipinski definition) is 1. The number of rotatable bonds is 8. The Balaban J connectivity index is 1.69. The summed E-state index contributed by atoms with van der Waals surface area (Å²) in [6.45, 7) is 1.18. The first-order valence-electron chi connectivity index (χ1n) is 8.95. The van der Waals surface area contributed by atoms with Gasteiger partial charge in [0.05, 0.1) is 16.0 Å². The van der Waals surface area contributed by atoms with E-state index in [0.29, 0.717) is 21.3 Å². The van der Waals surface area contributed by atoms with E-state index in [2.05, 4.69) is 15.5 Å². The van der Waals surface area contributed by atoms with E-state index in [-0.39, 0.29) is 18.1 Å². The van der Waals surface area contributed by atoms with Crippen LogP contribution in [0.3, 0.4) is 0 Å². The number of nitro benzene ring substituents is 1. The number of hydrogen-bond acceptors (Lipinski definition) is 8. The Hall–Kier alpha value is -3.77. The van der Waals surface area contributed by atoms with Gasteiger partial charge in [-0.25, -0.2) is 15.0 Å². The van der Waals surface area contributed by atoms with Crippen molar-refractivity contribution in [1.82, 2.24) is 15.0 Å². The first kappa shape index (κ1) is 22.9. The molecule has 164 valence electrons. The van der Waals surface area contributed by atoms with Gasteiger partial charge in [-0.1, -0.05) is 29.4 Å². The van der Waals surface area contributed by atoms with Crippen molar-refractivity contribution in [3.05, 3.63) is 85.3 Å². The van der Waals surface area contributed by atoms with Gasteiger partial charge in [-0.15, -0.1) is 0 Å². The Bertz CT molecular complexity index is 1210. The average Bonchev–Trinajstić information content (AvgIpc) is 3.11. The van der Waals surface area contributed by atoms with E-state index >= 15 is 0 Å². The van der Waals surface area contributed by atoms with Crippen LogP contribution in [-0.4, -0.2) is 31.5 Å². The topological polar surface area (TPSA) is 146 Å². The molecule has 1 aromatic heterocycles. The molecule has 0 radical (unpaired) electrons. The van der Waals surface area contributed by atoms with Crippen molar-refractivity contribution in [2.75, 3.05) is 0 Å². The average molecular weight is 475 g/mol. The minimum absolute atomic E-state index is 0.120. The standard InChI is InChI=1S/C19H15ClN6O5S/c1-12-21-10-19(26(30)31)24(12)11-18(27)23-22-9-13-2-7-17(16(8-13)25(28)29)32-15-5-3-14(20)4-6-15/h2-10H,11H2,1H3,(H,23,27). The molecular weight excluding hydrogens is 460 g/mol. The Kier molecular flexibility index (Phi) is 7.18. The highest BCUT2D eigenvalue weighted by molar-refractivity contribution is 7.99. The molecule has 1 heterocycles. The molecule has 0 atom stereocenters. The zero-order valence-electron chi connectivity index (χ0n) is 16.5. The minimum Gasteiger partial charge on any atom is -0.358 e. The fourth-order valence-electron chi connectivity index (χ4n) is 2.63. The molecule has 1 N–H and O–H groups in total. The van der Waals surface area contributed by atoms with Gasteiger partial charge in [0.25, 0.3) is 11.6 Å². The highest BCUT2D eigenvalue weighted by atomic mass is 35.5. The number of aromatic nitrogens is 2. The summed E-state index contributed by atoms with van der Waals surface area (Å²) in [6, 6.07) is 11.4. The van der Waals surface area contributed by atoms with Gasteiger partial charge >= 0.3 is 5.82 Å². The molecule has 0 bridgehead atoms. The van der Waals surface area contributed by atoms with Crippen LogP contribution in [0.2, 0.25) is 5.02 Å². The summed E-state index contributed by atoms with van der Waals surface area (Å²) in [7, 11) is 0. The molecule has 3 aromatic rings. The van der Waals surface area contributed by atoms with Crippen molar-refractivity contribution in [1.29, 1.82) is 0 Å². The molecule has 0 aliphatic rings. The number of nitrogens with one attached hydrogen (secondary N) is 1. The second-order valence-corrected chi connectivity index (χ2v) is 7.89. The van der Waals surface area contributed by atoms with Gasteiger partial charge < -0.3 is 10.1 Å². The smallest absolute Gasteiger partial charge is 0.343 e. The van der Waals surface area contributed by atoms with E-state index in [1.54, 1.807) is 36.4 Å². The lowest BCUT2D eigenvalue weighted by Crippen LogP contribution is -2.24. The van der Waals surface area contributed by atoms with Crippen LogP contribution in [0.15, 0.2) is 63.6 Å². The van der Waals surface area contributed by atoms with E-state index in [1.807, 2.05) is 0 Å². The van der Waals surface area contributed by atoms with E-state index in [4.69, 9.17) is 11.6 Å². The van der Waals surface area contributed by atoms with Crippen LogP contribution in [0, 0.1) is 27.2 Å². The Morgan fingerprint density at radius 2 is 1.94 bits per heavy atom. The zero-order valence-corrected chi connectivity index (χ0v) is 18.0. The molecule has 3 rings (SSSR count). The molecule has 0 aliphatic heterocycles. The van der Waals surface area contributed by atoms with Gasteiger partial charge in [0.1, 0.15) is 6.20 Å². The molecule has 0 unspecified atom stereocenters. The molecule has 13 heteroatoms. The number of carbonyl (C=O) groups is 1. The highest BCUT2D eigenvalue weighted by Gasteiger charge is 2.20. The van der Waals surface area contributed by atoms with Crippen molar-refractivity contribution < 1.29 is 14.6 Å². The number of carbonyl (C=O) groups excluding carboxylic acids is 1. The number of nitrogens with zero attached hydrogens (tertiary/aromatic N) is 5. The first-order valence-corrected chi connectivity index (χ1v) is 10.1. The van der Waals surface area contributed by atoms with Gasteiger partial charge in [0, 0.05) is 28.5 Å². The fraction of sp³-hybridized carbons (Fsp3) is 0.105. The van der Waals surface area contributed by atoms with Crippen molar-refractivity contribution >= 4 is 47.0 Å². The number of aryl methyl sites for hydroxylation is 1. The predicted octanol–water partition coefficient (Wildman–Crippen LogP) is 3.96. The molecule has 0 fully saturated rings. The summed E-state index contributed by atoms with van der Waals surface area (Å²) >= 11 is 7.08. The van der Waals surface area contributed by atoms with E-state index in [9.17, 15) is 25.0 Å². The van der Waals surface area contributed by atoms with E-state index < -0.39 is 15.8 Å². The maximum atomic E-state index is 12.1. The second kappa shape index (κ2) is 10.0. The number of halogens is 1. The summed E-state index contributed by atoms with van der Waals surface area (Å²) in [4.78, 5) is 38.4. The summed E-state index contributed by atoms with van der Waals surface area (Å²) in [5.41, 5.74) is 2.51. The van der Waals surface area contributed by atoms with Gasteiger partial charge in [0.15, 0.2) is 12.4 Å². The number of amides is 1. The highest BCUT2D eigenvalue weighted by Crippen LogP contribution is 2.35. The third kappa shape index (κ3) is 5.68. The number of benzene rings is 2. The van der Waals surface area contributed by atoms with Crippen LogP contribution in [0.25, 0.3) is 0 Å². The quantitative estimate of drug-likeness (QED) is 0.295. The molecule has 1 amide bonds. The molecule has 11 nitrogen and oxygen atoms in total. The normalized spacial score (nSPS) is 10.9. The van der Waals surface area contributed by atoms with Crippen molar-refractivity contribution in [2.24, 2.45) is 5.10 Å². The molecule has 0 spiro atoms. The molecule has 0 aliphatic carbocycles. The largest absolute Gasteiger partial charge is 0.358 e. The number of imidazole rings is 1. The molecule has 0 saturated heterocycles. The third-order valence-electron chi connectivity index (χ3n) is 4.15. The van der Waals surface area contributed by atoms with Crippen LogP contribution in [0.5, 0.6) is 0 Å². The van der Waals surface area contributed by atoms with Crippen LogP contribution < -0.4 is 5.43 Å². The van der Waals surface area contributed by atoms with Crippen LogP contribution in [0.1, 0.15) is 11.4 Å². The van der Waals surface area contributed by atoms with Crippen LogP contribution in [-0.2, 0) is 11.3 Å². The lowest BCUT2D eigenvalue weighted by molar-refractivity contribution is -0.392. The number of nitro groups is 2.